The number of hydrogen-bond acceptors (Lipinski definition) is 2. The summed E-state index contributed by atoms with van der Waals surface area (Å²) in [5.41, 5.74) is 1.50. The van der Waals surface area contributed by atoms with Crippen molar-refractivity contribution in [2.24, 2.45) is 5.41 Å². The minimum Gasteiger partial charge on any atom is -0.350 e. The number of anilines is 2. The van der Waals surface area contributed by atoms with Gasteiger partial charge in [0.2, 0.25) is 5.91 Å². The number of benzene rings is 2. The van der Waals surface area contributed by atoms with Crippen LogP contribution in [0, 0.1) is 5.41 Å². The van der Waals surface area contributed by atoms with Crippen LogP contribution in [0.4, 0.5) is 11.4 Å². The smallest absolute Gasteiger partial charge is 0.244 e. The van der Waals surface area contributed by atoms with Gasteiger partial charge in [0.05, 0.1) is 0 Å². The van der Waals surface area contributed by atoms with Gasteiger partial charge in [0.1, 0.15) is 6.04 Å². The zero-order valence-electron chi connectivity index (χ0n) is 16.2. The van der Waals surface area contributed by atoms with Gasteiger partial charge in [-0.3, -0.25) is 4.79 Å². The summed E-state index contributed by atoms with van der Waals surface area (Å²) in [5.74, 6) is 0.0349. The average Bonchev–Trinajstić information content (AvgIpc) is 2.51. The number of nitrogens with zero attached hydrogens (tertiary/aromatic N) is 1. The number of carbonyl (C=O) groups is 1. The molecule has 0 aliphatic heterocycles. The highest BCUT2D eigenvalue weighted by Crippen LogP contribution is 2.35. The summed E-state index contributed by atoms with van der Waals surface area (Å²) in [6, 6.07) is 19.9. The Labute approximate surface area is 152 Å². The summed E-state index contributed by atoms with van der Waals surface area (Å²) >= 11 is 0. The second-order valence-corrected chi connectivity index (χ2v) is 8.55. The molecular formula is C22H30N2O. The molecule has 0 bridgehead atoms. The van der Waals surface area contributed by atoms with E-state index in [4.69, 9.17) is 0 Å². The first kappa shape index (κ1) is 19.0. The van der Waals surface area contributed by atoms with Crippen molar-refractivity contribution >= 4 is 17.3 Å². The highest BCUT2D eigenvalue weighted by molar-refractivity contribution is 5.89. The van der Waals surface area contributed by atoms with E-state index in [-0.39, 0.29) is 22.9 Å². The Morgan fingerprint density at radius 2 is 1.20 bits per heavy atom. The maximum absolute atomic E-state index is 13.2. The lowest BCUT2D eigenvalue weighted by molar-refractivity contribution is -0.125. The first-order valence-electron chi connectivity index (χ1n) is 8.81. The molecule has 0 heterocycles. The van der Waals surface area contributed by atoms with Crippen molar-refractivity contribution in [2.75, 3.05) is 4.90 Å². The monoisotopic (exact) mass is 338 g/mol. The lowest BCUT2D eigenvalue weighted by Crippen LogP contribution is -2.56. The minimum atomic E-state index is -0.337. The van der Waals surface area contributed by atoms with Gasteiger partial charge >= 0.3 is 0 Å². The molecule has 3 heteroatoms. The molecule has 1 N–H and O–H groups in total. The van der Waals surface area contributed by atoms with E-state index in [0.29, 0.717) is 0 Å². The maximum Gasteiger partial charge on any atom is 0.244 e. The SMILES string of the molecule is CC(C)(C)NC(=O)C(N(c1ccccc1)c1ccccc1)C(C)(C)C. The number of amides is 1. The molecule has 0 saturated carbocycles. The Balaban J connectivity index is 2.56. The third-order valence-corrected chi connectivity index (χ3v) is 3.89. The molecule has 2 aromatic carbocycles. The van der Waals surface area contributed by atoms with Gasteiger partial charge in [0.25, 0.3) is 0 Å². The van der Waals surface area contributed by atoms with E-state index in [1.54, 1.807) is 0 Å². The predicted molar refractivity (Wildman–Crippen MR) is 106 cm³/mol. The number of hydrogen-bond donors (Lipinski definition) is 1. The highest BCUT2D eigenvalue weighted by atomic mass is 16.2. The third kappa shape index (κ3) is 5.09. The van der Waals surface area contributed by atoms with Crippen LogP contribution in [0.15, 0.2) is 60.7 Å². The second kappa shape index (κ2) is 7.30. The molecule has 0 fully saturated rings. The van der Waals surface area contributed by atoms with E-state index in [1.165, 1.54) is 0 Å². The van der Waals surface area contributed by atoms with Gasteiger partial charge in [0, 0.05) is 16.9 Å². The molecule has 0 aliphatic rings. The molecule has 134 valence electrons. The molecule has 3 nitrogen and oxygen atoms in total. The van der Waals surface area contributed by atoms with Crippen molar-refractivity contribution in [2.45, 2.75) is 53.1 Å². The summed E-state index contributed by atoms with van der Waals surface area (Å²) in [6.07, 6.45) is 0. The number of carbonyl (C=O) groups excluding carboxylic acids is 1. The van der Waals surface area contributed by atoms with Crippen LogP contribution < -0.4 is 10.2 Å². The summed E-state index contributed by atoms with van der Waals surface area (Å²) in [4.78, 5) is 15.4. The fourth-order valence-electron chi connectivity index (χ4n) is 2.96. The van der Waals surface area contributed by atoms with Crippen molar-refractivity contribution in [3.63, 3.8) is 0 Å². The molecule has 2 aromatic rings. The quantitative estimate of drug-likeness (QED) is 0.835. The van der Waals surface area contributed by atoms with Gasteiger partial charge in [-0.2, -0.15) is 0 Å². The number of rotatable bonds is 4. The van der Waals surface area contributed by atoms with Crippen LogP contribution >= 0.6 is 0 Å². The molecule has 1 amide bonds. The van der Waals surface area contributed by atoms with Crippen molar-refractivity contribution in [3.05, 3.63) is 60.7 Å². The van der Waals surface area contributed by atoms with E-state index in [2.05, 4.69) is 55.3 Å². The van der Waals surface area contributed by atoms with Crippen molar-refractivity contribution in [1.29, 1.82) is 0 Å². The summed E-state index contributed by atoms with van der Waals surface area (Å²) in [6.45, 7) is 12.4. The first-order valence-corrected chi connectivity index (χ1v) is 8.81. The largest absolute Gasteiger partial charge is 0.350 e. The van der Waals surface area contributed by atoms with Crippen LogP contribution in [0.25, 0.3) is 0 Å². The Morgan fingerprint density at radius 3 is 1.52 bits per heavy atom. The normalized spacial score (nSPS) is 13.2. The number of nitrogens with one attached hydrogen (secondary N) is 1. The molecule has 0 spiro atoms. The molecule has 0 saturated heterocycles. The van der Waals surface area contributed by atoms with Crippen LogP contribution in [0.2, 0.25) is 0 Å². The van der Waals surface area contributed by atoms with Gasteiger partial charge in [0.15, 0.2) is 0 Å². The minimum absolute atomic E-state index is 0.0349. The summed E-state index contributed by atoms with van der Waals surface area (Å²) in [7, 11) is 0. The van der Waals surface area contributed by atoms with E-state index >= 15 is 0 Å². The Bertz CT molecular complexity index is 642. The molecule has 0 aliphatic carbocycles. The van der Waals surface area contributed by atoms with Crippen LogP contribution in [0.1, 0.15) is 41.5 Å². The first-order chi connectivity index (χ1) is 11.6. The van der Waals surface area contributed by atoms with Crippen LogP contribution in [-0.2, 0) is 4.79 Å². The van der Waals surface area contributed by atoms with Gasteiger partial charge in [-0.05, 0) is 50.5 Å². The van der Waals surface area contributed by atoms with Crippen LogP contribution in [0.5, 0.6) is 0 Å². The van der Waals surface area contributed by atoms with Crippen molar-refractivity contribution in [3.8, 4) is 0 Å². The lowest BCUT2D eigenvalue weighted by atomic mass is 9.83. The van der Waals surface area contributed by atoms with Gasteiger partial charge < -0.3 is 10.2 Å². The van der Waals surface area contributed by atoms with Crippen LogP contribution in [0.3, 0.4) is 0 Å². The Hall–Kier alpha value is -2.29. The van der Waals surface area contributed by atoms with E-state index in [1.807, 2.05) is 57.2 Å². The fourth-order valence-corrected chi connectivity index (χ4v) is 2.96. The van der Waals surface area contributed by atoms with Gasteiger partial charge in [-0.15, -0.1) is 0 Å². The Morgan fingerprint density at radius 1 is 0.800 bits per heavy atom. The van der Waals surface area contributed by atoms with Crippen LogP contribution in [-0.4, -0.2) is 17.5 Å². The Kier molecular flexibility index (Phi) is 5.56. The molecule has 2 rings (SSSR count). The van der Waals surface area contributed by atoms with E-state index < -0.39 is 0 Å². The zero-order valence-corrected chi connectivity index (χ0v) is 16.2. The molecular weight excluding hydrogens is 308 g/mol. The van der Waals surface area contributed by atoms with E-state index in [0.717, 1.165) is 11.4 Å². The summed E-state index contributed by atoms with van der Waals surface area (Å²) < 4.78 is 0. The van der Waals surface area contributed by atoms with Gasteiger partial charge in [-0.25, -0.2) is 0 Å². The molecule has 1 unspecified atom stereocenters. The maximum atomic E-state index is 13.2. The molecule has 0 radical (unpaired) electrons. The topological polar surface area (TPSA) is 32.3 Å². The van der Waals surface area contributed by atoms with E-state index in [9.17, 15) is 4.79 Å². The lowest BCUT2D eigenvalue weighted by Gasteiger charge is -2.41. The molecule has 25 heavy (non-hydrogen) atoms. The summed E-state index contributed by atoms with van der Waals surface area (Å²) in [5, 5.41) is 3.17. The fraction of sp³-hybridized carbons (Fsp3) is 0.409. The van der Waals surface area contributed by atoms with Crippen molar-refractivity contribution in [1.82, 2.24) is 5.32 Å². The highest BCUT2D eigenvalue weighted by Gasteiger charge is 2.38. The number of para-hydroxylation sites is 2. The molecule has 1 atom stereocenters. The van der Waals surface area contributed by atoms with Crippen molar-refractivity contribution < 1.29 is 4.79 Å². The molecule has 0 aromatic heterocycles. The average molecular weight is 338 g/mol. The predicted octanol–water partition coefficient (Wildman–Crippen LogP) is 5.15. The third-order valence-electron chi connectivity index (χ3n) is 3.89. The zero-order chi connectivity index (χ0) is 18.7. The van der Waals surface area contributed by atoms with Gasteiger partial charge in [-0.1, -0.05) is 57.2 Å². The second-order valence-electron chi connectivity index (χ2n) is 8.55. The standard InChI is InChI=1S/C22H30N2O/c1-21(2,3)19(20(25)23-22(4,5)6)24(17-13-9-7-10-14-17)18-15-11-8-12-16-18/h7-16,19H,1-6H3,(H,23,25).